The summed E-state index contributed by atoms with van der Waals surface area (Å²) in [6.07, 6.45) is -0.928. The number of aryl methyl sites for hydroxylation is 1. The van der Waals surface area contributed by atoms with Gasteiger partial charge in [-0.3, -0.25) is 4.79 Å². The summed E-state index contributed by atoms with van der Waals surface area (Å²) in [7, 11) is 0. The molecule has 0 aliphatic rings. The maximum Gasteiger partial charge on any atom is 0.344 e. The number of carboxylic acid groups (broad SMARTS) is 2. The van der Waals surface area contributed by atoms with E-state index in [1.54, 1.807) is 36.4 Å². The van der Waals surface area contributed by atoms with Gasteiger partial charge in [0.2, 0.25) is 5.88 Å². The number of benzene rings is 3. The zero-order valence-electron chi connectivity index (χ0n) is 20.3. The number of phenolic OH excluding ortho intramolecular Hbond substituents is 1. The number of carbonyl (C=O) groups is 2. The Morgan fingerprint density at radius 3 is 2.14 bits per heavy atom. The summed E-state index contributed by atoms with van der Waals surface area (Å²) < 4.78 is 16.1. The lowest BCUT2D eigenvalue weighted by Crippen LogP contribution is -2.22. The normalized spacial score (nSPS) is 11.1. The first kappa shape index (κ1) is 26.8. The van der Waals surface area contributed by atoms with Gasteiger partial charge in [-0.2, -0.15) is 0 Å². The number of aromatic nitrogens is 1. The predicted molar refractivity (Wildman–Crippen MR) is 137 cm³/mol. The maximum absolute atomic E-state index is 10.8. The van der Waals surface area contributed by atoms with E-state index in [1.165, 1.54) is 19.1 Å². The second-order valence-electron chi connectivity index (χ2n) is 8.00. The largest absolute Gasteiger partial charge is 0.508 e. The summed E-state index contributed by atoms with van der Waals surface area (Å²) in [4.78, 5) is 25.4. The minimum atomic E-state index is -1.01. The molecule has 0 saturated heterocycles. The van der Waals surface area contributed by atoms with Gasteiger partial charge in [0.05, 0.1) is 18.5 Å². The average Bonchev–Trinajstić information content (AvgIpc) is 2.86. The van der Waals surface area contributed by atoms with Gasteiger partial charge in [0, 0.05) is 11.5 Å². The van der Waals surface area contributed by atoms with E-state index in [0.29, 0.717) is 23.1 Å². The standard InChI is InChI=1S/C19H17NO4.C9H10O4/c1-12-3-4-14-5-10-18(20-17(14)11-12)24-16-8-6-15(7-9-16)23-13(2)19(21)22;10-7-1-3-8(4-2-7)13-6-5-9(11)12/h3-11,13H,1-2H3,(H,21,22);1-4,10H,5-6H2,(H,11,12). The number of carboxylic acids is 2. The molecule has 4 aromatic rings. The second-order valence-corrected chi connectivity index (χ2v) is 8.00. The van der Waals surface area contributed by atoms with Crippen LogP contribution in [-0.2, 0) is 9.59 Å². The van der Waals surface area contributed by atoms with Crippen LogP contribution in [0.4, 0.5) is 0 Å². The molecule has 0 aliphatic carbocycles. The molecule has 1 atom stereocenters. The molecule has 0 saturated carbocycles. The van der Waals surface area contributed by atoms with Crippen molar-refractivity contribution in [2.75, 3.05) is 6.61 Å². The zero-order chi connectivity index (χ0) is 26.8. The van der Waals surface area contributed by atoms with Crippen molar-refractivity contribution in [3.8, 4) is 28.9 Å². The highest BCUT2D eigenvalue weighted by Gasteiger charge is 2.12. The van der Waals surface area contributed by atoms with Gasteiger partial charge in [0.1, 0.15) is 23.0 Å². The summed E-state index contributed by atoms with van der Waals surface area (Å²) in [6.45, 7) is 3.64. The Bertz CT molecular complexity index is 1340. The monoisotopic (exact) mass is 505 g/mol. The van der Waals surface area contributed by atoms with E-state index in [9.17, 15) is 9.59 Å². The Labute approximate surface area is 213 Å². The Morgan fingerprint density at radius 1 is 0.865 bits per heavy atom. The fourth-order valence-electron chi connectivity index (χ4n) is 3.03. The van der Waals surface area contributed by atoms with Crippen molar-refractivity contribution < 1.29 is 39.1 Å². The second kappa shape index (κ2) is 12.8. The Hall–Kier alpha value is -4.79. The summed E-state index contributed by atoms with van der Waals surface area (Å²) in [5.41, 5.74) is 2.02. The molecule has 4 rings (SSSR count). The van der Waals surface area contributed by atoms with Gasteiger partial charge in [-0.1, -0.05) is 12.1 Å². The van der Waals surface area contributed by atoms with Crippen LogP contribution < -0.4 is 14.2 Å². The highest BCUT2D eigenvalue weighted by Crippen LogP contribution is 2.25. The van der Waals surface area contributed by atoms with E-state index in [0.717, 1.165) is 16.5 Å². The highest BCUT2D eigenvalue weighted by atomic mass is 16.5. The third kappa shape index (κ3) is 8.74. The molecule has 0 amide bonds. The molecule has 192 valence electrons. The van der Waals surface area contributed by atoms with Crippen LogP contribution in [0.25, 0.3) is 10.9 Å². The summed E-state index contributed by atoms with van der Waals surface area (Å²) >= 11 is 0. The molecule has 1 heterocycles. The molecule has 0 spiro atoms. The summed E-state index contributed by atoms with van der Waals surface area (Å²) in [5, 5.41) is 27.1. The topological polar surface area (TPSA) is 135 Å². The van der Waals surface area contributed by atoms with Gasteiger partial charge in [-0.05, 0) is 80.1 Å². The Kier molecular flexibility index (Phi) is 9.26. The van der Waals surface area contributed by atoms with Crippen LogP contribution in [0.1, 0.15) is 18.9 Å². The molecule has 9 nitrogen and oxygen atoms in total. The van der Waals surface area contributed by atoms with Gasteiger partial charge in [-0.25, -0.2) is 9.78 Å². The molecule has 37 heavy (non-hydrogen) atoms. The van der Waals surface area contributed by atoms with E-state index in [1.807, 2.05) is 37.3 Å². The molecular formula is C28H27NO8. The van der Waals surface area contributed by atoms with Crippen LogP contribution in [-0.4, -0.2) is 45.0 Å². The Balaban J connectivity index is 0.000000248. The molecule has 0 radical (unpaired) electrons. The van der Waals surface area contributed by atoms with Gasteiger partial charge >= 0.3 is 11.9 Å². The molecular weight excluding hydrogens is 478 g/mol. The minimum Gasteiger partial charge on any atom is -0.508 e. The first-order chi connectivity index (χ1) is 17.7. The fraction of sp³-hybridized carbons (Fsp3) is 0.179. The van der Waals surface area contributed by atoms with E-state index in [-0.39, 0.29) is 18.8 Å². The fourth-order valence-corrected chi connectivity index (χ4v) is 3.03. The number of aromatic hydroxyl groups is 1. The number of ether oxygens (including phenoxy) is 3. The van der Waals surface area contributed by atoms with Crippen LogP contribution in [0, 0.1) is 6.92 Å². The van der Waals surface area contributed by atoms with E-state index < -0.39 is 18.0 Å². The molecule has 0 bridgehead atoms. The predicted octanol–water partition coefficient (Wildman–Crippen LogP) is 5.43. The van der Waals surface area contributed by atoms with Gasteiger partial charge in [0.25, 0.3) is 0 Å². The molecule has 3 aromatic carbocycles. The molecule has 9 heteroatoms. The van der Waals surface area contributed by atoms with Crippen molar-refractivity contribution in [1.29, 1.82) is 0 Å². The maximum atomic E-state index is 10.8. The van der Waals surface area contributed by atoms with E-state index >= 15 is 0 Å². The first-order valence-electron chi connectivity index (χ1n) is 11.4. The van der Waals surface area contributed by atoms with Gasteiger partial charge in [0.15, 0.2) is 6.10 Å². The van der Waals surface area contributed by atoms with Crippen molar-refractivity contribution in [3.05, 3.63) is 84.4 Å². The van der Waals surface area contributed by atoms with Crippen molar-refractivity contribution in [1.82, 2.24) is 4.98 Å². The summed E-state index contributed by atoms with van der Waals surface area (Å²) in [5.74, 6) is 0.388. The van der Waals surface area contributed by atoms with Crippen LogP contribution in [0.3, 0.4) is 0 Å². The quantitative estimate of drug-likeness (QED) is 0.272. The third-order valence-corrected chi connectivity index (χ3v) is 4.95. The highest BCUT2D eigenvalue weighted by molar-refractivity contribution is 5.79. The molecule has 1 unspecified atom stereocenters. The van der Waals surface area contributed by atoms with E-state index in [2.05, 4.69) is 4.98 Å². The van der Waals surface area contributed by atoms with Gasteiger partial charge in [-0.15, -0.1) is 0 Å². The van der Waals surface area contributed by atoms with Crippen molar-refractivity contribution in [2.45, 2.75) is 26.4 Å². The lowest BCUT2D eigenvalue weighted by Gasteiger charge is -2.11. The van der Waals surface area contributed by atoms with Crippen molar-refractivity contribution in [2.24, 2.45) is 0 Å². The van der Waals surface area contributed by atoms with E-state index in [4.69, 9.17) is 29.5 Å². The van der Waals surface area contributed by atoms with Crippen molar-refractivity contribution in [3.63, 3.8) is 0 Å². The number of aliphatic carboxylic acids is 2. The molecule has 3 N–H and O–H groups in total. The number of pyridine rings is 1. The summed E-state index contributed by atoms with van der Waals surface area (Å²) in [6, 6.07) is 22.7. The molecule has 0 fully saturated rings. The lowest BCUT2D eigenvalue weighted by molar-refractivity contribution is -0.144. The molecule has 1 aromatic heterocycles. The smallest absolute Gasteiger partial charge is 0.344 e. The zero-order valence-corrected chi connectivity index (χ0v) is 20.3. The van der Waals surface area contributed by atoms with Crippen LogP contribution in [0.5, 0.6) is 28.9 Å². The number of hydrogen-bond donors (Lipinski definition) is 3. The molecule has 0 aliphatic heterocycles. The van der Waals surface area contributed by atoms with Crippen LogP contribution in [0.15, 0.2) is 78.9 Å². The lowest BCUT2D eigenvalue weighted by atomic mass is 10.1. The number of fused-ring (bicyclic) bond motifs is 1. The number of rotatable bonds is 9. The Morgan fingerprint density at radius 2 is 1.49 bits per heavy atom. The third-order valence-electron chi connectivity index (χ3n) is 4.95. The van der Waals surface area contributed by atoms with Crippen molar-refractivity contribution >= 4 is 22.8 Å². The first-order valence-corrected chi connectivity index (χ1v) is 11.4. The number of phenols is 1. The average molecular weight is 506 g/mol. The number of hydrogen-bond acceptors (Lipinski definition) is 7. The number of nitrogens with zero attached hydrogens (tertiary/aromatic N) is 1. The van der Waals surface area contributed by atoms with Gasteiger partial charge < -0.3 is 29.5 Å². The van der Waals surface area contributed by atoms with Crippen LogP contribution >= 0.6 is 0 Å². The SMILES string of the molecule is Cc1ccc2ccc(Oc3ccc(OC(C)C(=O)O)cc3)nc2c1.O=C(O)CCOc1ccc(O)cc1. The van der Waals surface area contributed by atoms with Crippen LogP contribution in [0.2, 0.25) is 0 Å². The minimum absolute atomic E-state index is 0.0269.